The summed E-state index contributed by atoms with van der Waals surface area (Å²) in [5.41, 5.74) is 4.98. The Morgan fingerprint density at radius 2 is 1.69 bits per heavy atom. The fraction of sp³-hybridized carbons (Fsp3) is 0.250. The van der Waals surface area contributed by atoms with Crippen LogP contribution in [0.2, 0.25) is 5.28 Å². The van der Waals surface area contributed by atoms with Crippen LogP contribution in [0.25, 0.3) is 0 Å². The maximum Gasteiger partial charge on any atom is 0.322 e. The number of aryl methyl sites for hydroxylation is 1. The minimum atomic E-state index is 0.122. The Kier molecular flexibility index (Phi) is 4.71. The number of hydrogen-bond acceptors (Lipinski definition) is 5. The highest BCUT2D eigenvalue weighted by atomic mass is 35.5. The van der Waals surface area contributed by atoms with Crippen molar-refractivity contribution in [3.8, 4) is 6.01 Å². The quantitative estimate of drug-likeness (QED) is 0.739. The van der Waals surface area contributed by atoms with E-state index in [0.29, 0.717) is 12.6 Å². The highest BCUT2D eigenvalue weighted by Gasteiger charge is 2.22. The van der Waals surface area contributed by atoms with Crippen LogP contribution in [0.5, 0.6) is 6.01 Å². The number of aromatic nitrogens is 3. The molecule has 1 aromatic heterocycles. The van der Waals surface area contributed by atoms with E-state index in [0.717, 1.165) is 18.4 Å². The van der Waals surface area contributed by atoms with Gasteiger partial charge in [-0.3, -0.25) is 0 Å². The number of rotatable bonds is 5. The Hall–Kier alpha value is -2.66. The summed E-state index contributed by atoms with van der Waals surface area (Å²) < 4.78 is 5.69. The number of nitrogens with one attached hydrogen (secondary N) is 1. The Balaban J connectivity index is 1.42. The van der Waals surface area contributed by atoms with Crippen LogP contribution in [0.15, 0.2) is 48.5 Å². The van der Waals surface area contributed by atoms with E-state index in [1.807, 2.05) is 24.3 Å². The Morgan fingerprint density at radius 3 is 2.38 bits per heavy atom. The van der Waals surface area contributed by atoms with E-state index in [2.05, 4.69) is 51.5 Å². The zero-order valence-corrected chi connectivity index (χ0v) is 15.2. The minimum Gasteiger partial charge on any atom is -0.458 e. The molecular weight excluding hydrogens is 348 g/mol. The molecule has 6 heteroatoms. The Labute approximate surface area is 157 Å². The lowest BCUT2D eigenvalue weighted by molar-refractivity contribution is 0.280. The first kappa shape index (κ1) is 16.8. The van der Waals surface area contributed by atoms with Crippen LogP contribution >= 0.6 is 11.6 Å². The molecule has 0 fully saturated rings. The van der Waals surface area contributed by atoms with Gasteiger partial charge in [0, 0.05) is 6.04 Å². The average Bonchev–Trinajstić information content (AvgIpc) is 3.03. The standard InChI is InChI=1S/C20H19ClN4O/c1-13-6-8-14(9-7-13)12-26-20-24-18(21)23-19(25-20)22-17-10-15-4-2-3-5-16(15)11-17/h2-9,17H,10-12H2,1H3,(H,22,23,24,25). The molecule has 1 heterocycles. The SMILES string of the molecule is Cc1ccc(COc2nc(Cl)nc(NC3Cc4ccccc4C3)n2)cc1. The second-order valence-corrected chi connectivity index (χ2v) is 6.84. The lowest BCUT2D eigenvalue weighted by Crippen LogP contribution is -2.21. The van der Waals surface area contributed by atoms with Gasteiger partial charge in [-0.25, -0.2) is 0 Å². The molecule has 1 aliphatic rings. The van der Waals surface area contributed by atoms with E-state index in [4.69, 9.17) is 16.3 Å². The highest BCUT2D eigenvalue weighted by Crippen LogP contribution is 2.24. The van der Waals surface area contributed by atoms with Crippen molar-refractivity contribution in [2.24, 2.45) is 0 Å². The number of fused-ring (bicyclic) bond motifs is 1. The largest absolute Gasteiger partial charge is 0.458 e. The van der Waals surface area contributed by atoms with Gasteiger partial charge < -0.3 is 10.1 Å². The predicted molar refractivity (Wildman–Crippen MR) is 102 cm³/mol. The third kappa shape index (κ3) is 3.94. The van der Waals surface area contributed by atoms with Crippen molar-refractivity contribution < 1.29 is 4.74 Å². The van der Waals surface area contributed by atoms with Crippen LogP contribution in [-0.2, 0) is 19.4 Å². The first-order valence-electron chi connectivity index (χ1n) is 8.59. The summed E-state index contributed by atoms with van der Waals surface area (Å²) in [4.78, 5) is 12.6. The van der Waals surface area contributed by atoms with Crippen LogP contribution in [0.1, 0.15) is 22.3 Å². The number of benzene rings is 2. The zero-order chi connectivity index (χ0) is 17.9. The van der Waals surface area contributed by atoms with Gasteiger partial charge in [0.05, 0.1) is 0 Å². The van der Waals surface area contributed by atoms with E-state index in [1.165, 1.54) is 16.7 Å². The minimum absolute atomic E-state index is 0.122. The number of hydrogen-bond donors (Lipinski definition) is 1. The Morgan fingerprint density at radius 1 is 1.00 bits per heavy atom. The first-order chi connectivity index (χ1) is 12.7. The van der Waals surface area contributed by atoms with E-state index < -0.39 is 0 Å². The molecule has 5 nitrogen and oxygen atoms in total. The molecule has 0 atom stereocenters. The van der Waals surface area contributed by atoms with Crippen LogP contribution in [0.3, 0.4) is 0 Å². The molecule has 3 aromatic rings. The van der Waals surface area contributed by atoms with Crippen LogP contribution < -0.4 is 10.1 Å². The number of ether oxygens (including phenoxy) is 1. The molecule has 0 saturated carbocycles. The van der Waals surface area contributed by atoms with E-state index in [-0.39, 0.29) is 17.3 Å². The lowest BCUT2D eigenvalue weighted by Gasteiger charge is -2.12. The van der Waals surface area contributed by atoms with Crippen molar-refractivity contribution in [3.05, 3.63) is 76.1 Å². The summed E-state index contributed by atoms with van der Waals surface area (Å²) in [7, 11) is 0. The highest BCUT2D eigenvalue weighted by molar-refractivity contribution is 6.28. The van der Waals surface area contributed by atoms with E-state index >= 15 is 0 Å². The third-order valence-corrected chi connectivity index (χ3v) is 4.63. The van der Waals surface area contributed by atoms with Gasteiger partial charge in [0.15, 0.2) is 0 Å². The molecule has 0 spiro atoms. The Bertz CT molecular complexity index is 889. The summed E-state index contributed by atoms with van der Waals surface area (Å²) in [6, 6.07) is 17.1. The molecule has 0 radical (unpaired) electrons. The van der Waals surface area contributed by atoms with Gasteiger partial charge in [-0.2, -0.15) is 15.0 Å². The molecular formula is C20H19ClN4O. The van der Waals surface area contributed by atoms with Gasteiger partial charge in [0.1, 0.15) is 6.61 Å². The zero-order valence-electron chi connectivity index (χ0n) is 14.4. The fourth-order valence-electron chi connectivity index (χ4n) is 3.14. The first-order valence-corrected chi connectivity index (χ1v) is 8.97. The maximum atomic E-state index is 6.04. The van der Waals surface area contributed by atoms with Crippen molar-refractivity contribution in [2.45, 2.75) is 32.4 Å². The third-order valence-electron chi connectivity index (χ3n) is 4.46. The van der Waals surface area contributed by atoms with Crippen molar-refractivity contribution in [3.63, 3.8) is 0 Å². The molecule has 0 bridgehead atoms. The van der Waals surface area contributed by atoms with Gasteiger partial charge in [0.2, 0.25) is 11.2 Å². The van der Waals surface area contributed by atoms with Gasteiger partial charge in [0.25, 0.3) is 0 Å². The van der Waals surface area contributed by atoms with Gasteiger partial charge in [-0.1, -0.05) is 54.1 Å². The van der Waals surface area contributed by atoms with Gasteiger partial charge in [-0.15, -0.1) is 0 Å². The number of nitrogens with zero attached hydrogens (tertiary/aromatic N) is 3. The smallest absolute Gasteiger partial charge is 0.322 e. The maximum absolute atomic E-state index is 6.04. The molecule has 26 heavy (non-hydrogen) atoms. The fourth-order valence-corrected chi connectivity index (χ4v) is 3.29. The topological polar surface area (TPSA) is 59.9 Å². The van der Waals surface area contributed by atoms with Crippen molar-refractivity contribution in [1.82, 2.24) is 15.0 Å². The molecule has 0 amide bonds. The molecule has 0 saturated heterocycles. The van der Waals surface area contributed by atoms with Gasteiger partial charge in [-0.05, 0) is 48.1 Å². The van der Waals surface area contributed by atoms with Crippen molar-refractivity contribution in [2.75, 3.05) is 5.32 Å². The second kappa shape index (κ2) is 7.30. The van der Waals surface area contributed by atoms with Gasteiger partial charge >= 0.3 is 6.01 Å². The molecule has 2 aromatic carbocycles. The predicted octanol–water partition coefficient (Wildman–Crippen LogP) is 3.99. The summed E-state index contributed by atoms with van der Waals surface area (Å²) in [6.07, 6.45) is 1.89. The molecule has 0 aliphatic heterocycles. The van der Waals surface area contributed by atoms with Crippen molar-refractivity contribution >= 4 is 17.5 Å². The van der Waals surface area contributed by atoms with Crippen molar-refractivity contribution in [1.29, 1.82) is 0 Å². The normalized spacial score (nSPS) is 13.5. The van der Waals surface area contributed by atoms with Crippen LogP contribution in [-0.4, -0.2) is 21.0 Å². The molecule has 1 N–H and O–H groups in total. The average molecular weight is 367 g/mol. The summed E-state index contributed by atoms with van der Waals surface area (Å²) in [5, 5.41) is 3.47. The summed E-state index contributed by atoms with van der Waals surface area (Å²) >= 11 is 6.04. The molecule has 0 unspecified atom stereocenters. The molecule has 4 rings (SSSR count). The number of halogens is 1. The summed E-state index contributed by atoms with van der Waals surface area (Å²) in [6.45, 7) is 2.44. The molecule has 1 aliphatic carbocycles. The van der Waals surface area contributed by atoms with E-state index in [9.17, 15) is 0 Å². The number of anilines is 1. The van der Waals surface area contributed by atoms with Crippen LogP contribution in [0.4, 0.5) is 5.95 Å². The lowest BCUT2D eigenvalue weighted by atomic mass is 10.1. The monoisotopic (exact) mass is 366 g/mol. The van der Waals surface area contributed by atoms with E-state index in [1.54, 1.807) is 0 Å². The second-order valence-electron chi connectivity index (χ2n) is 6.50. The molecule has 132 valence electrons. The summed E-state index contributed by atoms with van der Waals surface area (Å²) in [5.74, 6) is 0.446. The van der Waals surface area contributed by atoms with Crippen LogP contribution in [0, 0.1) is 6.92 Å².